The lowest BCUT2D eigenvalue weighted by atomic mass is 9.98. The molecule has 1 amide bonds. The van der Waals surface area contributed by atoms with E-state index >= 15 is 0 Å². The molecule has 0 saturated carbocycles. The quantitative estimate of drug-likeness (QED) is 0.742. The summed E-state index contributed by atoms with van der Waals surface area (Å²) in [6.45, 7) is -0.186. The first-order valence-corrected chi connectivity index (χ1v) is 8.71. The molecular formula is C19H13Cl2NO4. The number of carbonyl (C=O) groups is 1. The van der Waals surface area contributed by atoms with Crippen molar-refractivity contribution in [3.8, 4) is 0 Å². The Morgan fingerprint density at radius 3 is 2.58 bits per heavy atom. The maximum atomic E-state index is 13.1. The average Bonchev–Trinajstić information content (AvgIpc) is 2.91. The largest absolute Gasteiger partial charge is 0.450 e. The van der Waals surface area contributed by atoms with Gasteiger partial charge in [-0.15, -0.1) is 0 Å². The van der Waals surface area contributed by atoms with Crippen molar-refractivity contribution in [1.82, 2.24) is 4.90 Å². The highest BCUT2D eigenvalue weighted by molar-refractivity contribution is 6.42. The topological polar surface area (TPSA) is 70.8 Å². The van der Waals surface area contributed by atoms with Gasteiger partial charge in [0.05, 0.1) is 33.6 Å². The first-order valence-electron chi connectivity index (χ1n) is 7.95. The smallest absolute Gasteiger partial charge is 0.290 e. The number of aliphatic hydroxyl groups excluding tert-OH is 1. The number of fused-ring (bicyclic) bond motifs is 2. The third kappa shape index (κ3) is 2.51. The summed E-state index contributed by atoms with van der Waals surface area (Å²) in [5, 5.41) is 10.5. The predicted octanol–water partition coefficient (Wildman–Crippen LogP) is 3.64. The van der Waals surface area contributed by atoms with Crippen LogP contribution in [-0.4, -0.2) is 29.1 Å². The minimum Gasteiger partial charge on any atom is -0.450 e. The monoisotopic (exact) mass is 389 g/mol. The van der Waals surface area contributed by atoms with Crippen LogP contribution < -0.4 is 5.43 Å². The Morgan fingerprint density at radius 1 is 1.08 bits per heavy atom. The number of nitrogens with zero attached hydrogens (tertiary/aromatic N) is 1. The number of hydrogen-bond donors (Lipinski definition) is 1. The second-order valence-electron chi connectivity index (χ2n) is 5.97. The van der Waals surface area contributed by atoms with Crippen LogP contribution in [0.3, 0.4) is 0 Å². The summed E-state index contributed by atoms with van der Waals surface area (Å²) in [7, 11) is 0. The lowest BCUT2D eigenvalue weighted by Crippen LogP contribution is -2.32. The fourth-order valence-electron chi connectivity index (χ4n) is 3.33. The number of carbonyl (C=O) groups excluding carboxylic acids is 1. The summed E-state index contributed by atoms with van der Waals surface area (Å²) >= 11 is 12.1. The van der Waals surface area contributed by atoms with Crippen molar-refractivity contribution >= 4 is 40.1 Å². The van der Waals surface area contributed by atoms with Crippen molar-refractivity contribution in [2.24, 2.45) is 0 Å². The molecule has 0 spiro atoms. The Labute approximate surface area is 158 Å². The summed E-state index contributed by atoms with van der Waals surface area (Å²) in [4.78, 5) is 27.3. The van der Waals surface area contributed by atoms with Gasteiger partial charge in [-0.05, 0) is 29.8 Å². The molecule has 0 aliphatic carbocycles. The Bertz CT molecular complexity index is 1090. The van der Waals surface area contributed by atoms with E-state index in [-0.39, 0.29) is 29.9 Å². The van der Waals surface area contributed by atoms with Gasteiger partial charge in [-0.2, -0.15) is 0 Å². The molecule has 7 heteroatoms. The van der Waals surface area contributed by atoms with Crippen LogP contribution in [0, 0.1) is 0 Å². The molecule has 0 radical (unpaired) electrons. The molecule has 0 saturated heterocycles. The fourth-order valence-corrected chi connectivity index (χ4v) is 3.64. The average molecular weight is 390 g/mol. The lowest BCUT2D eigenvalue weighted by molar-refractivity contribution is 0.0691. The molecule has 1 aromatic heterocycles. The van der Waals surface area contributed by atoms with Gasteiger partial charge in [0.1, 0.15) is 5.58 Å². The van der Waals surface area contributed by atoms with Crippen LogP contribution in [0.15, 0.2) is 51.7 Å². The van der Waals surface area contributed by atoms with Crippen LogP contribution in [0.1, 0.15) is 27.7 Å². The van der Waals surface area contributed by atoms with Gasteiger partial charge < -0.3 is 14.4 Å². The van der Waals surface area contributed by atoms with Gasteiger partial charge in [0.25, 0.3) is 5.91 Å². The van der Waals surface area contributed by atoms with Gasteiger partial charge in [0.15, 0.2) is 5.43 Å². The third-order valence-corrected chi connectivity index (χ3v) is 5.21. The highest BCUT2D eigenvalue weighted by Crippen LogP contribution is 2.39. The zero-order chi connectivity index (χ0) is 18.4. The van der Waals surface area contributed by atoms with Gasteiger partial charge in [-0.3, -0.25) is 9.59 Å². The maximum Gasteiger partial charge on any atom is 0.290 e. The highest BCUT2D eigenvalue weighted by Gasteiger charge is 2.42. The zero-order valence-corrected chi connectivity index (χ0v) is 14.9. The van der Waals surface area contributed by atoms with Crippen molar-refractivity contribution in [2.45, 2.75) is 6.04 Å². The predicted molar refractivity (Wildman–Crippen MR) is 98.9 cm³/mol. The Balaban J connectivity index is 2.01. The number of halogens is 2. The molecule has 1 aliphatic rings. The lowest BCUT2D eigenvalue weighted by Gasteiger charge is -2.24. The number of para-hydroxylation sites is 1. The standard InChI is InChI=1S/C19H13Cl2NO4/c20-12-6-5-10(9-13(12)21)16-15-17(24)11-3-1-2-4-14(11)26-18(15)19(25)22(16)7-8-23/h1-6,9,16,23H,7-8H2/t16-/m0/s1. The number of aliphatic hydroxyl groups is 1. The van der Waals surface area contributed by atoms with Crippen LogP contribution in [0.4, 0.5) is 0 Å². The SMILES string of the molecule is O=C1c2oc3ccccc3c(=O)c2[C@H](c2ccc(Cl)c(Cl)c2)N1CCO. The van der Waals surface area contributed by atoms with Gasteiger partial charge in [-0.1, -0.05) is 41.4 Å². The summed E-state index contributed by atoms with van der Waals surface area (Å²) in [6.07, 6.45) is 0. The minimum absolute atomic E-state index is 0.00165. The number of benzene rings is 2. The Kier molecular flexibility index (Phi) is 4.23. The highest BCUT2D eigenvalue weighted by atomic mass is 35.5. The molecule has 1 atom stereocenters. The second-order valence-corrected chi connectivity index (χ2v) is 6.78. The molecule has 3 aromatic rings. The molecule has 1 aliphatic heterocycles. The van der Waals surface area contributed by atoms with Crippen molar-refractivity contribution in [3.05, 3.63) is 79.6 Å². The van der Waals surface area contributed by atoms with Crippen molar-refractivity contribution < 1.29 is 14.3 Å². The van der Waals surface area contributed by atoms with Crippen LogP contribution in [0.2, 0.25) is 10.0 Å². The van der Waals surface area contributed by atoms with E-state index in [2.05, 4.69) is 0 Å². The summed E-state index contributed by atoms with van der Waals surface area (Å²) in [6, 6.07) is 11.0. The number of rotatable bonds is 3. The van der Waals surface area contributed by atoms with Crippen LogP contribution in [0.25, 0.3) is 11.0 Å². The summed E-state index contributed by atoms with van der Waals surface area (Å²) in [5.41, 5.74) is 0.957. The van der Waals surface area contributed by atoms with Gasteiger partial charge in [0.2, 0.25) is 5.76 Å². The molecule has 0 unspecified atom stereocenters. The third-order valence-electron chi connectivity index (χ3n) is 4.47. The zero-order valence-electron chi connectivity index (χ0n) is 13.4. The van der Waals surface area contributed by atoms with E-state index in [1.54, 1.807) is 42.5 Å². The van der Waals surface area contributed by atoms with E-state index in [1.165, 1.54) is 4.90 Å². The van der Waals surface area contributed by atoms with Crippen LogP contribution >= 0.6 is 23.2 Å². The first kappa shape index (κ1) is 17.1. The van der Waals surface area contributed by atoms with Crippen molar-refractivity contribution in [1.29, 1.82) is 0 Å². The normalized spacial score (nSPS) is 16.3. The summed E-state index contributed by atoms with van der Waals surface area (Å²) in [5.74, 6) is -0.439. The van der Waals surface area contributed by atoms with Gasteiger partial charge in [0, 0.05) is 6.54 Å². The first-order chi connectivity index (χ1) is 12.5. The van der Waals surface area contributed by atoms with E-state index in [0.29, 0.717) is 26.6 Å². The van der Waals surface area contributed by atoms with Gasteiger partial charge >= 0.3 is 0 Å². The van der Waals surface area contributed by atoms with E-state index in [1.807, 2.05) is 0 Å². The number of hydrogen-bond acceptors (Lipinski definition) is 4. The number of amides is 1. The van der Waals surface area contributed by atoms with Crippen molar-refractivity contribution in [3.63, 3.8) is 0 Å². The summed E-state index contributed by atoms with van der Waals surface area (Å²) < 4.78 is 5.75. The van der Waals surface area contributed by atoms with Gasteiger partial charge in [-0.25, -0.2) is 0 Å². The Morgan fingerprint density at radius 2 is 1.85 bits per heavy atom. The Hall–Kier alpha value is -2.34. The fraction of sp³-hybridized carbons (Fsp3) is 0.158. The molecule has 4 rings (SSSR count). The molecular weight excluding hydrogens is 377 g/mol. The molecule has 26 heavy (non-hydrogen) atoms. The molecule has 132 valence electrons. The van der Waals surface area contributed by atoms with E-state index < -0.39 is 11.9 Å². The molecule has 1 N–H and O–H groups in total. The van der Waals surface area contributed by atoms with E-state index in [9.17, 15) is 14.7 Å². The molecule has 2 heterocycles. The van der Waals surface area contributed by atoms with Crippen molar-refractivity contribution in [2.75, 3.05) is 13.2 Å². The maximum absolute atomic E-state index is 13.1. The minimum atomic E-state index is -0.694. The molecule has 2 aromatic carbocycles. The molecule has 0 bridgehead atoms. The molecule has 5 nitrogen and oxygen atoms in total. The van der Waals surface area contributed by atoms with Crippen LogP contribution in [0.5, 0.6) is 0 Å². The number of β-amino-alcohol motifs (C(OH)–C–C–N with tert-alkyl or cyclic N) is 1. The molecule has 0 fully saturated rings. The van der Waals surface area contributed by atoms with E-state index in [4.69, 9.17) is 27.6 Å². The second kappa shape index (κ2) is 6.43. The van der Waals surface area contributed by atoms with E-state index in [0.717, 1.165) is 0 Å². The van der Waals surface area contributed by atoms with Crippen LogP contribution in [-0.2, 0) is 0 Å².